The van der Waals surface area contributed by atoms with Gasteiger partial charge in [0.15, 0.2) is 0 Å². The molecule has 2 aliphatic heterocycles. The Morgan fingerprint density at radius 2 is 2.12 bits per heavy atom. The standard InChI is InChI=1S/C20H20FN3O2/c21-19-17-11-23-18(16(17)8-9-22-19)15-7-4-10-24(12-15)20(25)26-13-14-5-2-1-3-6-14/h1-3,5-6,8-9,15H,4,7,10-13H2/t15-/m1/s1. The molecule has 26 heavy (non-hydrogen) atoms. The van der Waals surface area contributed by atoms with Crippen LogP contribution in [0.15, 0.2) is 47.6 Å². The minimum absolute atomic E-state index is 0.107. The first-order valence-corrected chi connectivity index (χ1v) is 8.86. The van der Waals surface area contributed by atoms with Gasteiger partial charge in [0, 0.05) is 42.0 Å². The van der Waals surface area contributed by atoms with Crippen LogP contribution in [0.4, 0.5) is 9.18 Å². The van der Waals surface area contributed by atoms with Crippen LogP contribution in [-0.2, 0) is 17.9 Å². The maximum atomic E-state index is 13.8. The number of aliphatic imine (C=N–C) groups is 1. The Labute approximate surface area is 151 Å². The van der Waals surface area contributed by atoms with Gasteiger partial charge in [-0.15, -0.1) is 0 Å². The van der Waals surface area contributed by atoms with Crippen molar-refractivity contribution in [1.29, 1.82) is 0 Å². The normalized spacial score (nSPS) is 19.0. The lowest BCUT2D eigenvalue weighted by Crippen LogP contribution is -2.42. The van der Waals surface area contributed by atoms with Crippen LogP contribution in [0.1, 0.15) is 29.5 Å². The van der Waals surface area contributed by atoms with E-state index in [4.69, 9.17) is 4.74 Å². The molecule has 0 saturated carbocycles. The first-order valence-electron chi connectivity index (χ1n) is 8.86. The zero-order chi connectivity index (χ0) is 17.9. The number of nitrogens with zero attached hydrogens (tertiary/aromatic N) is 3. The number of benzene rings is 1. The number of carbonyl (C=O) groups excluding carboxylic acids is 1. The van der Waals surface area contributed by atoms with Gasteiger partial charge in [0.1, 0.15) is 6.61 Å². The molecule has 5 nitrogen and oxygen atoms in total. The third-order valence-corrected chi connectivity index (χ3v) is 4.96. The second kappa shape index (κ2) is 7.23. The fourth-order valence-corrected chi connectivity index (χ4v) is 3.63. The smallest absolute Gasteiger partial charge is 0.410 e. The van der Waals surface area contributed by atoms with Crippen molar-refractivity contribution < 1.29 is 13.9 Å². The summed E-state index contributed by atoms with van der Waals surface area (Å²) in [6.45, 7) is 1.82. The third-order valence-electron chi connectivity index (χ3n) is 4.96. The molecule has 0 unspecified atom stereocenters. The van der Waals surface area contributed by atoms with E-state index >= 15 is 0 Å². The molecule has 2 aliphatic rings. The lowest BCUT2D eigenvalue weighted by atomic mass is 9.89. The lowest BCUT2D eigenvalue weighted by Gasteiger charge is -2.32. The Kier molecular flexibility index (Phi) is 4.65. The zero-order valence-electron chi connectivity index (χ0n) is 14.4. The van der Waals surface area contributed by atoms with E-state index in [0.717, 1.165) is 29.7 Å². The van der Waals surface area contributed by atoms with E-state index in [1.807, 2.05) is 36.4 Å². The van der Waals surface area contributed by atoms with E-state index in [1.165, 1.54) is 6.20 Å². The molecule has 4 rings (SSSR count). The van der Waals surface area contributed by atoms with Crippen LogP contribution in [0, 0.1) is 11.9 Å². The molecule has 0 aliphatic carbocycles. The molecule has 134 valence electrons. The number of piperidine rings is 1. The summed E-state index contributed by atoms with van der Waals surface area (Å²) in [4.78, 5) is 22.4. The van der Waals surface area contributed by atoms with Crippen LogP contribution in [0.2, 0.25) is 0 Å². The SMILES string of the molecule is O=C(OCc1ccccc1)N1CCC[C@@H](C2=NCc3c2ccnc3F)C1. The Hall–Kier alpha value is -2.76. The van der Waals surface area contributed by atoms with Crippen LogP contribution < -0.4 is 0 Å². The number of aromatic nitrogens is 1. The lowest BCUT2D eigenvalue weighted by molar-refractivity contribution is 0.0851. The summed E-state index contributed by atoms with van der Waals surface area (Å²) in [5.41, 5.74) is 3.25. The van der Waals surface area contributed by atoms with Gasteiger partial charge < -0.3 is 9.64 Å². The summed E-state index contributed by atoms with van der Waals surface area (Å²) < 4.78 is 19.3. The summed E-state index contributed by atoms with van der Waals surface area (Å²) in [7, 11) is 0. The minimum atomic E-state index is -0.448. The van der Waals surface area contributed by atoms with Gasteiger partial charge in [0.2, 0.25) is 5.95 Å². The fourth-order valence-electron chi connectivity index (χ4n) is 3.63. The Morgan fingerprint density at radius 3 is 2.96 bits per heavy atom. The molecule has 1 aromatic carbocycles. The van der Waals surface area contributed by atoms with E-state index in [9.17, 15) is 9.18 Å². The molecule has 0 spiro atoms. The van der Waals surface area contributed by atoms with Gasteiger partial charge in [0.05, 0.1) is 6.54 Å². The molecular weight excluding hydrogens is 333 g/mol. The largest absolute Gasteiger partial charge is 0.445 e. The van der Waals surface area contributed by atoms with Crippen LogP contribution in [-0.4, -0.2) is 34.8 Å². The van der Waals surface area contributed by atoms with E-state index < -0.39 is 5.95 Å². The average Bonchev–Trinajstić information content (AvgIpc) is 3.12. The first-order chi connectivity index (χ1) is 12.7. The van der Waals surface area contributed by atoms with E-state index in [1.54, 1.807) is 4.90 Å². The van der Waals surface area contributed by atoms with Gasteiger partial charge in [-0.1, -0.05) is 30.3 Å². The molecule has 1 aromatic heterocycles. The number of hydrogen-bond acceptors (Lipinski definition) is 4. The van der Waals surface area contributed by atoms with E-state index in [2.05, 4.69) is 9.98 Å². The predicted octanol–water partition coefficient (Wildman–Crippen LogP) is 3.57. The Balaban J connectivity index is 1.41. The monoisotopic (exact) mass is 353 g/mol. The summed E-state index contributed by atoms with van der Waals surface area (Å²) in [5.74, 6) is -0.340. The quantitative estimate of drug-likeness (QED) is 0.793. The van der Waals surface area contributed by atoms with Crippen molar-refractivity contribution in [3.8, 4) is 0 Å². The minimum Gasteiger partial charge on any atom is -0.445 e. The molecule has 0 bridgehead atoms. The van der Waals surface area contributed by atoms with Crippen molar-refractivity contribution in [2.24, 2.45) is 10.9 Å². The molecule has 6 heteroatoms. The summed E-state index contributed by atoms with van der Waals surface area (Å²) in [5, 5.41) is 0. The van der Waals surface area contributed by atoms with Crippen molar-refractivity contribution in [2.75, 3.05) is 13.1 Å². The van der Waals surface area contributed by atoms with Crippen LogP contribution in [0.5, 0.6) is 0 Å². The number of carbonyl (C=O) groups is 1. The summed E-state index contributed by atoms with van der Waals surface area (Å²) in [6.07, 6.45) is 2.99. The number of hydrogen-bond donors (Lipinski definition) is 0. The van der Waals surface area contributed by atoms with Crippen molar-refractivity contribution >= 4 is 11.8 Å². The van der Waals surface area contributed by atoms with Gasteiger partial charge >= 0.3 is 6.09 Å². The zero-order valence-corrected chi connectivity index (χ0v) is 14.4. The number of ether oxygens (including phenoxy) is 1. The van der Waals surface area contributed by atoms with E-state index in [0.29, 0.717) is 25.2 Å². The number of likely N-dealkylation sites (tertiary alicyclic amines) is 1. The fraction of sp³-hybridized carbons (Fsp3) is 0.350. The average molecular weight is 353 g/mol. The van der Waals surface area contributed by atoms with Crippen LogP contribution >= 0.6 is 0 Å². The van der Waals surface area contributed by atoms with E-state index in [-0.39, 0.29) is 18.6 Å². The topological polar surface area (TPSA) is 54.8 Å². The highest BCUT2D eigenvalue weighted by atomic mass is 19.1. The molecule has 1 amide bonds. The van der Waals surface area contributed by atoms with Gasteiger partial charge in [0.25, 0.3) is 0 Å². The molecule has 1 saturated heterocycles. The molecular formula is C20H20FN3O2. The molecule has 1 fully saturated rings. The number of amides is 1. The Bertz CT molecular complexity index is 838. The second-order valence-electron chi connectivity index (χ2n) is 6.65. The number of pyridine rings is 1. The van der Waals surface area contributed by atoms with Crippen molar-refractivity contribution in [3.63, 3.8) is 0 Å². The highest BCUT2D eigenvalue weighted by molar-refractivity contribution is 6.05. The number of fused-ring (bicyclic) bond motifs is 1. The highest BCUT2D eigenvalue weighted by Gasteiger charge is 2.32. The molecule has 2 aromatic rings. The highest BCUT2D eigenvalue weighted by Crippen LogP contribution is 2.29. The molecule has 0 N–H and O–H groups in total. The molecule has 1 atom stereocenters. The molecule has 0 radical (unpaired) electrons. The summed E-state index contributed by atoms with van der Waals surface area (Å²) >= 11 is 0. The van der Waals surface area contributed by atoms with Crippen LogP contribution in [0.3, 0.4) is 0 Å². The molecule has 3 heterocycles. The van der Waals surface area contributed by atoms with Gasteiger partial charge in [-0.25, -0.2) is 9.78 Å². The summed E-state index contributed by atoms with van der Waals surface area (Å²) in [6, 6.07) is 11.4. The van der Waals surface area contributed by atoms with Gasteiger partial charge in [-0.05, 0) is 24.5 Å². The van der Waals surface area contributed by atoms with Crippen molar-refractivity contribution in [1.82, 2.24) is 9.88 Å². The number of halogens is 1. The van der Waals surface area contributed by atoms with Gasteiger partial charge in [-0.3, -0.25) is 4.99 Å². The number of rotatable bonds is 3. The second-order valence-corrected chi connectivity index (χ2v) is 6.65. The maximum absolute atomic E-state index is 13.8. The third kappa shape index (κ3) is 3.31. The van der Waals surface area contributed by atoms with Crippen molar-refractivity contribution in [3.05, 3.63) is 65.2 Å². The first kappa shape index (κ1) is 16.7. The maximum Gasteiger partial charge on any atom is 0.410 e. The van der Waals surface area contributed by atoms with Crippen molar-refractivity contribution in [2.45, 2.75) is 26.0 Å². The predicted molar refractivity (Wildman–Crippen MR) is 95.4 cm³/mol. The van der Waals surface area contributed by atoms with Gasteiger partial charge in [-0.2, -0.15) is 4.39 Å². The van der Waals surface area contributed by atoms with Crippen LogP contribution in [0.25, 0.3) is 0 Å². The Morgan fingerprint density at radius 1 is 1.27 bits per heavy atom.